The van der Waals surface area contributed by atoms with Crippen LogP contribution in [0.4, 0.5) is 0 Å². The summed E-state index contributed by atoms with van der Waals surface area (Å²) in [6.45, 7) is 8.80. The number of nitrogens with zero attached hydrogens (tertiary/aromatic N) is 3. The normalized spacial score (nSPS) is 16.4. The number of hydrogen-bond donors (Lipinski definition) is 0. The summed E-state index contributed by atoms with van der Waals surface area (Å²) in [6.07, 6.45) is 3.18. The van der Waals surface area contributed by atoms with Crippen LogP contribution in [-0.2, 0) is 6.54 Å². The molecule has 2 atom stereocenters. The van der Waals surface area contributed by atoms with E-state index in [1.165, 1.54) is 6.20 Å². The zero-order valence-corrected chi connectivity index (χ0v) is 13.9. The lowest BCUT2D eigenvalue weighted by Gasteiger charge is -2.33. The maximum Gasteiger partial charge on any atom is 0.267 e. The van der Waals surface area contributed by atoms with E-state index in [0.717, 1.165) is 23.8 Å². The molecular weight excluding hydrogens is 286 g/mol. The van der Waals surface area contributed by atoms with E-state index in [4.69, 9.17) is 0 Å². The molecule has 0 bridgehead atoms. The minimum absolute atomic E-state index is 0.111. The van der Waals surface area contributed by atoms with Gasteiger partial charge in [-0.1, -0.05) is 25.6 Å². The lowest BCUT2D eigenvalue weighted by Crippen LogP contribution is -2.46. The average Bonchev–Trinajstić information content (AvgIpc) is 2.96. The quantitative estimate of drug-likeness (QED) is 0.784. The van der Waals surface area contributed by atoms with Crippen LogP contribution in [0.3, 0.4) is 0 Å². The number of fused-ring (bicyclic) bond motifs is 1. The lowest BCUT2D eigenvalue weighted by atomic mass is 10.1. The number of aromatic nitrogens is 2. The Hall–Kier alpha value is -1.30. The highest BCUT2D eigenvalue weighted by Gasteiger charge is 2.28. The Kier molecular flexibility index (Phi) is 5.08. The molecule has 0 N–H and O–H groups in total. The molecular formula is C15H23N3O2S. The summed E-state index contributed by atoms with van der Waals surface area (Å²) in [5.74, 6) is 0.656. The summed E-state index contributed by atoms with van der Waals surface area (Å²) in [4.78, 5) is 31.4. The Bertz CT molecular complexity index is 575. The second-order valence-electron chi connectivity index (χ2n) is 5.49. The fraction of sp³-hybridized carbons (Fsp3) is 0.667. The SMILES string of the molecule is CCC(C)N(C(=O)c1cnc2n(c1=O)CCS2)C(C)CC. The first-order valence-corrected chi connectivity index (χ1v) is 8.55. The van der Waals surface area contributed by atoms with Crippen molar-refractivity contribution >= 4 is 17.7 Å². The van der Waals surface area contributed by atoms with Gasteiger partial charge in [0.15, 0.2) is 5.16 Å². The van der Waals surface area contributed by atoms with Gasteiger partial charge in [-0.25, -0.2) is 4.98 Å². The van der Waals surface area contributed by atoms with Gasteiger partial charge < -0.3 is 4.90 Å². The van der Waals surface area contributed by atoms with Gasteiger partial charge >= 0.3 is 0 Å². The van der Waals surface area contributed by atoms with Gasteiger partial charge in [0.2, 0.25) is 0 Å². The minimum atomic E-state index is -0.202. The highest BCUT2D eigenvalue weighted by Crippen LogP contribution is 2.21. The molecule has 21 heavy (non-hydrogen) atoms. The molecule has 0 saturated heterocycles. The Labute approximate surface area is 129 Å². The Morgan fingerprint density at radius 3 is 2.57 bits per heavy atom. The molecule has 0 fully saturated rings. The van der Waals surface area contributed by atoms with Crippen LogP contribution >= 0.6 is 11.8 Å². The van der Waals surface area contributed by atoms with Crippen molar-refractivity contribution in [3.8, 4) is 0 Å². The third-order valence-electron chi connectivity index (χ3n) is 4.15. The van der Waals surface area contributed by atoms with Gasteiger partial charge in [-0.15, -0.1) is 0 Å². The van der Waals surface area contributed by atoms with Crippen molar-refractivity contribution in [1.82, 2.24) is 14.5 Å². The van der Waals surface area contributed by atoms with Crippen molar-refractivity contribution in [2.45, 2.75) is 64.3 Å². The van der Waals surface area contributed by atoms with Crippen molar-refractivity contribution in [3.05, 3.63) is 22.1 Å². The van der Waals surface area contributed by atoms with Crippen molar-refractivity contribution in [3.63, 3.8) is 0 Å². The van der Waals surface area contributed by atoms with E-state index >= 15 is 0 Å². The highest BCUT2D eigenvalue weighted by atomic mass is 32.2. The maximum atomic E-state index is 12.8. The molecule has 0 aromatic carbocycles. The van der Waals surface area contributed by atoms with Crippen LogP contribution in [0.15, 0.2) is 16.1 Å². The number of amides is 1. The first-order chi connectivity index (χ1) is 10.0. The summed E-state index contributed by atoms with van der Waals surface area (Å²) < 4.78 is 1.61. The summed E-state index contributed by atoms with van der Waals surface area (Å²) >= 11 is 1.56. The summed E-state index contributed by atoms with van der Waals surface area (Å²) in [5, 5.41) is 0.718. The largest absolute Gasteiger partial charge is 0.333 e. The number of thioether (sulfide) groups is 1. The van der Waals surface area contributed by atoms with Gasteiger partial charge in [0.25, 0.3) is 11.5 Å². The van der Waals surface area contributed by atoms with E-state index in [1.54, 1.807) is 16.3 Å². The molecule has 116 valence electrons. The first kappa shape index (κ1) is 16.1. The molecule has 0 saturated carbocycles. The summed E-state index contributed by atoms with van der Waals surface area (Å²) in [6, 6.07) is 0.221. The van der Waals surface area contributed by atoms with Crippen LogP contribution < -0.4 is 5.56 Å². The monoisotopic (exact) mass is 309 g/mol. The minimum Gasteiger partial charge on any atom is -0.333 e. The van der Waals surface area contributed by atoms with Crippen LogP contribution in [0.5, 0.6) is 0 Å². The van der Waals surface area contributed by atoms with Gasteiger partial charge in [0.1, 0.15) is 5.56 Å². The maximum absolute atomic E-state index is 12.8. The second-order valence-corrected chi connectivity index (χ2v) is 6.55. The number of carbonyl (C=O) groups excluding carboxylic acids is 1. The third-order valence-corrected chi connectivity index (χ3v) is 5.12. The first-order valence-electron chi connectivity index (χ1n) is 7.56. The zero-order valence-electron chi connectivity index (χ0n) is 13.1. The van der Waals surface area contributed by atoms with Crippen LogP contribution in [0.2, 0.25) is 0 Å². The van der Waals surface area contributed by atoms with E-state index in [-0.39, 0.29) is 29.1 Å². The molecule has 6 heteroatoms. The average molecular weight is 309 g/mol. The smallest absolute Gasteiger partial charge is 0.267 e. The summed E-state index contributed by atoms with van der Waals surface area (Å²) in [7, 11) is 0. The lowest BCUT2D eigenvalue weighted by molar-refractivity contribution is 0.0595. The van der Waals surface area contributed by atoms with Gasteiger partial charge in [-0.2, -0.15) is 0 Å². The van der Waals surface area contributed by atoms with Gasteiger partial charge in [0, 0.05) is 30.6 Å². The van der Waals surface area contributed by atoms with E-state index in [1.807, 2.05) is 18.7 Å². The molecule has 2 rings (SSSR count). The molecule has 0 spiro atoms. The molecule has 1 amide bonds. The van der Waals surface area contributed by atoms with Gasteiger partial charge in [0.05, 0.1) is 0 Å². The Morgan fingerprint density at radius 2 is 2.00 bits per heavy atom. The van der Waals surface area contributed by atoms with E-state index in [9.17, 15) is 9.59 Å². The fourth-order valence-corrected chi connectivity index (χ4v) is 3.45. The molecule has 0 aliphatic carbocycles. The number of carbonyl (C=O) groups is 1. The van der Waals surface area contributed by atoms with E-state index in [2.05, 4.69) is 18.8 Å². The predicted molar refractivity (Wildman–Crippen MR) is 84.9 cm³/mol. The molecule has 1 aromatic heterocycles. The Morgan fingerprint density at radius 1 is 1.38 bits per heavy atom. The van der Waals surface area contributed by atoms with Gasteiger partial charge in [-0.05, 0) is 26.7 Å². The zero-order chi connectivity index (χ0) is 15.6. The van der Waals surface area contributed by atoms with Crippen LogP contribution in [0.1, 0.15) is 50.9 Å². The molecule has 2 unspecified atom stereocenters. The van der Waals surface area contributed by atoms with E-state index in [0.29, 0.717) is 6.54 Å². The molecule has 0 radical (unpaired) electrons. The van der Waals surface area contributed by atoms with Crippen LogP contribution in [0.25, 0.3) is 0 Å². The van der Waals surface area contributed by atoms with Crippen molar-refractivity contribution in [2.24, 2.45) is 0 Å². The molecule has 1 aliphatic rings. The van der Waals surface area contributed by atoms with Crippen molar-refractivity contribution in [2.75, 3.05) is 5.75 Å². The number of hydrogen-bond acceptors (Lipinski definition) is 4. The van der Waals surface area contributed by atoms with Crippen molar-refractivity contribution in [1.29, 1.82) is 0 Å². The molecule has 1 aliphatic heterocycles. The van der Waals surface area contributed by atoms with Gasteiger partial charge in [-0.3, -0.25) is 14.2 Å². The fourth-order valence-electron chi connectivity index (χ4n) is 2.53. The second kappa shape index (κ2) is 6.64. The standard InChI is InChI=1S/C15H23N3O2S/c1-5-10(3)18(11(4)6-2)14(20)12-9-16-15-17(13(12)19)7-8-21-15/h9-11H,5-8H2,1-4H3. The van der Waals surface area contributed by atoms with Crippen LogP contribution in [0, 0.1) is 0 Å². The molecule has 5 nitrogen and oxygen atoms in total. The highest BCUT2D eigenvalue weighted by molar-refractivity contribution is 7.99. The number of rotatable bonds is 5. The third kappa shape index (κ3) is 3.00. The summed E-state index contributed by atoms with van der Waals surface area (Å²) in [5.41, 5.74) is -0.00606. The topological polar surface area (TPSA) is 55.2 Å². The van der Waals surface area contributed by atoms with E-state index < -0.39 is 0 Å². The molecule has 1 aromatic rings. The van der Waals surface area contributed by atoms with Crippen LogP contribution in [-0.4, -0.2) is 38.2 Å². The molecule has 2 heterocycles. The Balaban J connectivity index is 2.40. The predicted octanol–water partition coefficient (Wildman–Crippen LogP) is 2.39. The van der Waals surface area contributed by atoms with Crippen molar-refractivity contribution < 1.29 is 4.79 Å².